The summed E-state index contributed by atoms with van der Waals surface area (Å²) in [6, 6.07) is 14.5. The summed E-state index contributed by atoms with van der Waals surface area (Å²) in [6.07, 6.45) is 5.67. The monoisotopic (exact) mass is 484 g/mol. The summed E-state index contributed by atoms with van der Waals surface area (Å²) in [7, 11) is 0. The molecule has 0 aliphatic heterocycles. The predicted molar refractivity (Wildman–Crippen MR) is 139 cm³/mol. The third kappa shape index (κ3) is 5.71. The number of nitrogens with zero attached hydrogens (tertiary/aromatic N) is 5. The van der Waals surface area contributed by atoms with Crippen molar-refractivity contribution in [3.05, 3.63) is 89.8 Å². The Kier molecular flexibility index (Phi) is 7.63. The second kappa shape index (κ2) is 11.0. The van der Waals surface area contributed by atoms with Crippen molar-refractivity contribution in [3.8, 4) is 11.3 Å². The second-order valence-corrected chi connectivity index (χ2v) is 9.10. The van der Waals surface area contributed by atoms with Gasteiger partial charge < -0.3 is 5.32 Å². The van der Waals surface area contributed by atoms with Crippen LogP contribution in [0.5, 0.6) is 0 Å². The Morgan fingerprint density at radius 3 is 2.56 bits per heavy atom. The molecule has 0 saturated heterocycles. The van der Waals surface area contributed by atoms with E-state index in [1.54, 1.807) is 36.1 Å². The lowest BCUT2D eigenvalue weighted by Gasteiger charge is -2.07. The molecule has 3 heterocycles. The first-order chi connectivity index (χ1) is 17.4. The van der Waals surface area contributed by atoms with Crippen molar-refractivity contribution in [2.45, 2.75) is 34.1 Å². The van der Waals surface area contributed by atoms with E-state index >= 15 is 0 Å². The first-order valence-corrected chi connectivity index (χ1v) is 12.0. The van der Waals surface area contributed by atoms with Gasteiger partial charge in [0.1, 0.15) is 11.5 Å². The molecule has 7 nitrogen and oxygen atoms in total. The number of hydrogen-bond donors (Lipinski definition) is 1. The maximum Gasteiger partial charge on any atom is 0.254 e. The zero-order chi connectivity index (χ0) is 25.7. The third-order valence-electron chi connectivity index (χ3n) is 5.20. The zero-order valence-electron chi connectivity index (χ0n) is 20.9. The van der Waals surface area contributed by atoms with Gasteiger partial charge in [-0.05, 0) is 48.7 Å². The number of nitrogens with one attached hydrogen (secondary N) is 1. The Morgan fingerprint density at radius 1 is 1.03 bits per heavy atom. The highest BCUT2D eigenvalue weighted by Gasteiger charge is 2.14. The molecular weight excluding hydrogens is 455 g/mol. The standard InChI is InChI=1S/C24H19FN6O.C4H10/c1-2-26-23(32)19-7-6-17(12-20(19)25)22-14-29-24-28-13-18(31(24)30-22)11-15-5-8-21-16(10-15)4-3-9-27-21;1-4(2)3/h3-10,12-14H,2,11H2,1H3,(H,26,32);4H,1-3H3. The van der Waals surface area contributed by atoms with Crippen molar-refractivity contribution in [1.82, 2.24) is 29.9 Å². The number of halogens is 1. The van der Waals surface area contributed by atoms with E-state index in [-0.39, 0.29) is 5.56 Å². The van der Waals surface area contributed by atoms with E-state index in [1.165, 1.54) is 12.1 Å². The van der Waals surface area contributed by atoms with E-state index in [0.717, 1.165) is 28.1 Å². The molecule has 1 N–H and O–H groups in total. The van der Waals surface area contributed by atoms with Crippen molar-refractivity contribution < 1.29 is 9.18 Å². The Hall–Kier alpha value is -4.20. The highest BCUT2D eigenvalue weighted by molar-refractivity contribution is 5.94. The summed E-state index contributed by atoms with van der Waals surface area (Å²) in [6.45, 7) is 8.71. The smallest absolute Gasteiger partial charge is 0.254 e. The van der Waals surface area contributed by atoms with Crippen LogP contribution in [-0.4, -0.2) is 37.0 Å². The topological polar surface area (TPSA) is 85.1 Å². The van der Waals surface area contributed by atoms with E-state index < -0.39 is 11.7 Å². The molecule has 0 radical (unpaired) electrons. The number of imidazole rings is 1. The number of hydrogen-bond acceptors (Lipinski definition) is 5. The van der Waals surface area contributed by atoms with Gasteiger partial charge in [0.15, 0.2) is 0 Å². The van der Waals surface area contributed by atoms with Gasteiger partial charge in [-0.15, -0.1) is 0 Å². The summed E-state index contributed by atoms with van der Waals surface area (Å²) in [5.74, 6) is 0.247. The van der Waals surface area contributed by atoms with Crippen LogP contribution in [0.2, 0.25) is 0 Å². The fourth-order valence-electron chi connectivity index (χ4n) is 3.63. The average Bonchev–Trinajstić information content (AvgIpc) is 3.25. The highest BCUT2D eigenvalue weighted by atomic mass is 19.1. The van der Waals surface area contributed by atoms with Crippen molar-refractivity contribution in [2.24, 2.45) is 5.92 Å². The maximum absolute atomic E-state index is 14.5. The second-order valence-electron chi connectivity index (χ2n) is 9.10. The molecular formula is C28H29FN6O. The van der Waals surface area contributed by atoms with Gasteiger partial charge in [-0.3, -0.25) is 9.78 Å². The fourth-order valence-corrected chi connectivity index (χ4v) is 3.63. The first-order valence-electron chi connectivity index (χ1n) is 12.0. The van der Waals surface area contributed by atoms with E-state index in [4.69, 9.17) is 0 Å². The summed E-state index contributed by atoms with van der Waals surface area (Å²) >= 11 is 0. The molecule has 3 aromatic heterocycles. The number of amides is 1. The van der Waals surface area contributed by atoms with Crippen LogP contribution in [0.3, 0.4) is 0 Å². The van der Waals surface area contributed by atoms with E-state index in [1.807, 2.05) is 24.3 Å². The summed E-state index contributed by atoms with van der Waals surface area (Å²) in [5.41, 5.74) is 3.91. The minimum Gasteiger partial charge on any atom is -0.352 e. The molecule has 0 aliphatic carbocycles. The minimum absolute atomic E-state index is 0.00116. The molecule has 0 saturated carbocycles. The van der Waals surface area contributed by atoms with Gasteiger partial charge in [0.25, 0.3) is 11.7 Å². The zero-order valence-corrected chi connectivity index (χ0v) is 20.9. The normalized spacial score (nSPS) is 10.9. The Labute approximate surface area is 209 Å². The fraction of sp³-hybridized carbons (Fsp3) is 0.250. The van der Waals surface area contributed by atoms with Gasteiger partial charge in [0.2, 0.25) is 0 Å². The van der Waals surface area contributed by atoms with Crippen LogP contribution in [-0.2, 0) is 6.42 Å². The van der Waals surface area contributed by atoms with Gasteiger partial charge in [-0.1, -0.05) is 39.0 Å². The van der Waals surface area contributed by atoms with E-state index in [2.05, 4.69) is 52.2 Å². The average molecular weight is 485 g/mol. The lowest BCUT2D eigenvalue weighted by atomic mass is 10.1. The molecule has 0 atom stereocenters. The molecule has 0 aliphatic rings. The molecule has 184 valence electrons. The minimum atomic E-state index is -0.606. The van der Waals surface area contributed by atoms with Crippen LogP contribution in [0.1, 0.15) is 49.3 Å². The molecule has 8 heteroatoms. The molecule has 36 heavy (non-hydrogen) atoms. The molecule has 0 spiro atoms. The Morgan fingerprint density at radius 2 is 1.81 bits per heavy atom. The molecule has 0 fully saturated rings. The van der Waals surface area contributed by atoms with Crippen LogP contribution in [0.15, 0.2) is 67.1 Å². The van der Waals surface area contributed by atoms with Crippen LogP contribution < -0.4 is 5.32 Å². The molecule has 5 rings (SSSR count). The number of rotatable bonds is 5. The van der Waals surface area contributed by atoms with Gasteiger partial charge >= 0.3 is 0 Å². The summed E-state index contributed by atoms with van der Waals surface area (Å²) < 4.78 is 16.2. The third-order valence-corrected chi connectivity index (χ3v) is 5.20. The number of carbonyl (C=O) groups excluding carboxylic acids is 1. The number of carbonyl (C=O) groups is 1. The van der Waals surface area contributed by atoms with Crippen molar-refractivity contribution in [2.75, 3.05) is 6.54 Å². The largest absolute Gasteiger partial charge is 0.352 e. The van der Waals surface area contributed by atoms with E-state index in [9.17, 15) is 9.18 Å². The van der Waals surface area contributed by atoms with Crippen molar-refractivity contribution in [3.63, 3.8) is 0 Å². The van der Waals surface area contributed by atoms with Gasteiger partial charge in [0, 0.05) is 30.1 Å². The number of benzene rings is 2. The molecule has 5 aromatic rings. The van der Waals surface area contributed by atoms with Gasteiger partial charge in [0.05, 0.1) is 29.2 Å². The van der Waals surface area contributed by atoms with E-state index in [0.29, 0.717) is 30.0 Å². The number of pyridine rings is 1. The number of aromatic nitrogens is 5. The SMILES string of the molecule is CC(C)C.CCNC(=O)c1ccc(-c2cnc3ncc(Cc4ccc5ncccc5c4)n3n2)cc1F. The first kappa shape index (κ1) is 24.9. The predicted octanol–water partition coefficient (Wildman–Crippen LogP) is 5.48. The molecule has 0 bridgehead atoms. The van der Waals surface area contributed by atoms with Crippen LogP contribution in [0.4, 0.5) is 4.39 Å². The lowest BCUT2D eigenvalue weighted by molar-refractivity contribution is 0.0952. The van der Waals surface area contributed by atoms with Gasteiger partial charge in [-0.2, -0.15) is 5.10 Å². The van der Waals surface area contributed by atoms with Crippen LogP contribution in [0, 0.1) is 11.7 Å². The lowest BCUT2D eigenvalue weighted by Crippen LogP contribution is -2.23. The summed E-state index contributed by atoms with van der Waals surface area (Å²) in [5, 5.41) is 8.29. The van der Waals surface area contributed by atoms with Crippen LogP contribution in [0.25, 0.3) is 27.9 Å². The Balaban J connectivity index is 0.000000709. The summed E-state index contributed by atoms with van der Waals surface area (Å²) in [4.78, 5) is 25.0. The Bertz CT molecular complexity index is 1510. The quantitative estimate of drug-likeness (QED) is 0.357. The molecule has 0 unspecified atom stereocenters. The highest BCUT2D eigenvalue weighted by Crippen LogP contribution is 2.21. The van der Waals surface area contributed by atoms with Gasteiger partial charge in [-0.25, -0.2) is 18.9 Å². The molecule has 2 aromatic carbocycles. The van der Waals surface area contributed by atoms with Crippen molar-refractivity contribution in [1.29, 1.82) is 0 Å². The number of fused-ring (bicyclic) bond motifs is 2. The van der Waals surface area contributed by atoms with Crippen molar-refractivity contribution >= 4 is 22.6 Å². The maximum atomic E-state index is 14.5. The van der Waals surface area contributed by atoms with Crippen LogP contribution >= 0.6 is 0 Å². The molecule has 1 amide bonds.